The van der Waals surface area contributed by atoms with Crippen LogP contribution in [0.25, 0.3) is 10.8 Å². The summed E-state index contributed by atoms with van der Waals surface area (Å²) in [7, 11) is 0. The first-order valence-corrected chi connectivity index (χ1v) is 15.1. The number of thiazole rings is 1. The van der Waals surface area contributed by atoms with Gasteiger partial charge in [-0.3, -0.25) is 28.9 Å². The number of thioether (sulfide) groups is 1. The number of H-pyrrole nitrogens is 1. The molecule has 3 amide bonds. The largest absolute Gasteiger partial charge is 0.490 e. The Hall–Kier alpha value is -4.62. The maximum absolute atomic E-state index is 13.4. The third-order valence-electron chi connectivity index (χ3n) is 7.26. The second-order valence-corrected chi connectivity index (χ2v) is 12.1. The van der Waals surface area contributed by atoms with Gasteiger partial charge in [-0.25, -0.2) is 0 Å². The first-order chi connectivity index (χ1) is 20.7. The number of carbonyl (C=O) groups excluding carboxylic acids is 3. The van der Waals surface area contributed by atoms with E-state index in [0.29, 0.717) is 32.7 Å². The van der Waals surface area contributed by atoms with Crippen molar-refractivity contribution in [3.05, 3.63) is 80.8 Å². The van der Waals surface area contributed by atoms with E-state index in [9.17, 15) is 29.1 Å². The Morgan fingerprint density at radius 1 is 1.00 bits per heavy atom. The quantitative estimate of drug-likeness (QED) is 0.238. The van der Waals surface area contributed by atoms with E-state index in [1.54, 1.807) is 25.1 Å². The van der Waals surface area contributed by atoms with Crippen LogP contribution in [0.2, 0.25) is 0 Å². The zero-order chi connectivity index (χ0) is 30.2. The van der Waals surface area contributed by atoms with Crippen LogP contribution in [-0.2, 0) is 19.2 Å². The molecule has 6 rings (SSSR count). The highest BCUT2D eigenvalue weighted by molar-refractivity contribution is 8.00. The van der Waals surface area contributed by atoms with Gasteiger partial charge in [-0.1, -0.05) is 65.6 Å². The molecule has 3 heterocycles. The lowest BCUT2D eigenvalue weighted by Crippen LogP contribution is -2.36. The van der Waals surface area contributed by atoms with E-state index in [1.807, 2.05) is 42.5 Å². The van der Waals surface area contributed by atoms with Gasteiger partial charge in [0, 0.05) is 21.9 Å². The minimum Gasteiger partial charge on any atom is -0.490 e. The predicted molar refractivity (Wildman–Crippen MR) is 160 cm³/mol. The van der Waals surface area contributed by atoms with Crippen molar-refractivity contribution < 1.29 is 33.8 Å². The second-order valence-electron chi connectivity index (χ2n) is 9.91. The van der Waals surface area contributed by atoms with Crippen LogP contribution >= 0.6 is 23.1 Å². The van der Waals surface area contributed by atoms with Crippen LogP contribution in [0, 0.1) is 5.92 Å². The minimum absolute atomic E-state index is 0.279. The number of ether oxygens (including phenoxy) is 2. The molecule has 220 valence electrons. The van der Waals surface area contributed by atoms with Crippen molar-refractivity contribution in [3.63, 3.8) is 0 Å². The van der Waals surface area contributed by atoms with Gasteiger partial charge in [-0.05, 0) is 36.1 Å². The van der Waals surface area contributed by atoms with E-state index in [0.717, 1.165) is 38.8 Å². The van der Waals surface area contributed by atoms with Crippen molar-refractivity contribution in [3.8, 4) is 11.5 Å². The van der Waals surface area contributed by atoms with Crippen molar-refractivity contribution in [2.24, 2.45) is 5.92 Å². The number of hydrogen-bond acceptors (Lipinski definition) is 9. The van der Waals surface area contributed by atoms with E-state index in [-0.39, 0.29) is 24.0 Å². The number of aromatic nitrogens is 1. The Morgan fingerprint density at radius 2 is 1.79 bits per heavy atom. The van der Waals surface area contributed by atoms with Gasteiger partial charge in [0.25, 0.3) is 5.91 Å². The Labute approximate surface area is 252 Å². The van der Waals surface area contributed by atoms with Crippen LogP contribution < -0.4 is 19.7 Å². The van der Waals surface area contributed by atoms with E-state index >= 15 is 0 Å². The van der Waals surface area contributed by atoms with Gasteiger partial charge < -0.3 is 24.9 Å². The van der Waals surface area contributed by atoms with Gasteiger partial charge in [0.05, 0.1) is 17.6 Å². The number of rotatable bonds is 9. The predicted octanol–water partition coefficient (Wildman–Crippen LogP) is 3.68. The maximum atomic E-state index is 13.4. The third-order valence-corrected chi connectivity index (χ3v) is 9.66. The summed E-state index contributed by atoms with van der Waals surface area (Å²) in [5.41, 5.74) is 1.24. The van der Waals surface area contributed by atoms with Crippen LogP contribution in [0.4, 0.5) is 5.69 Å². The molecule has 0 spiro atoms. The molecule has 3 atom stereocenters. The number of anilines is 1. The molecule has 0 bridgehead atoms. The Bertz CT molecular complexity index is 1830. The molecule has 0 radical (unpaired) electrons. The first kappa shape index (κ1) is 28.5. The standard InChI is InChI=1S/C30H25N3O8S2/c1-2-40-20-12-16(10-11-19(20)41-14-21(34)31-18-9-5-7-15-6-3-4-8-17(15)18)23-24-26(42-27-25(23)43-30(39)32-27)29(38)33(28(24)37)13-22(35)36/h3-12,23-24,26H,2,13-14H2,1H3,(H,31,34)(H,32,39)(H,35,36)/t23-,24?,26?/m0/s1. The molecule has 13 heteroatoms. The average molecular weight is 620 g/mol. The van der Waals surface area contributed by atoms with Crippen molar-refractivity contribution in [2.75, 3.05) is 25.1 Å². The molecule has 3 N–H and O–H groups in total. The fourth-order valence-corrected chi connectivity index (χ4v) is 8.03. The summed E-state index contributed by atoms with van der Waals surface area (Å²) in [5, 5.41) is 13.6. The van der Waals surface area contributed by atoms with E-state index in [2.05, 4.69) is 10.3 Å². The molecule has 1 aromatic heterocycles. The second kappa shape index (κ2) is 11.6. The molecule has 0 aliphatic carbocycles. The van der Waals surface area contributed by atoms with Gasteiger partial charge >= 0.3 is 10.8 Å². The molecular formula is C30H25N3O8S2. The average Bonchev–Trinajstić information content (AvgIpc) is 3.47. The summed E-state index contributed by atoms with van der Waals surface area (Å²) in [6, 6.07) is 18.3. The normalized spacial score (nSPS) is 19.2. The number of carboxylic acid groups (broad SMARTS) is 1. The molecule has 1 fully saturated rings. The zero-order valence-electron chi connectivity index (χ0n) is 22.7. The molecule has 1 saturated heterocycles. The topological polar surface area (TPSA) is 155 Å². The molecule has 2 aliphatic rings. The number of nitrogens with one attached hydrogen (secondary N) is 2. The number of aliphatic carboxylic acids is 1. The SMILES string of the molecule is CCOc1cc([C@@H]2c3sc(=O)[nH]c3SC3C(=O)N(CC(=O)O)C(=O)C32)ccc1OCC(=O)Nc1cccc2ccccc12. The highest BCUT2D eigenvalue weighted by Crippen LogP contribution is 2.53. The maximum Gasteiger partial charge on any atom is 0.323 e. The van der Waals surface area contributed by atoms with Crippen molar-refractivity contribution >= 4 is 63.2 Å². The number of hydrogen-bond donors (Lipinski definition) is 3. The summed E-state index contributed by atoms with van der Waals surface area (Å²) >= 11 is 2.01. The lowest BCUT2D eigenvalue weighted by Gasteiger charge is -2.30. The number of carboxylic acids is 1. The first-order valence-electron chi connectivity index (χ1n) is 13.4. The minimum atomic E-state index is -1.30. The Balaban J connectivity index is 1.28. The van der Waals surface area contributed by atoms with E-state index in [1.165, 1.54) is 0 Å². The highest BCUT2D eigenvalue weighted by atomic mass is 32.2. The third kappa shape index (κ3) is 5.37. The van der Waals surface area contributed by atoms with Crippen molar-refractivity contribution in [1.82, 2.24) is 9.88 Å². The van der Waals surface area contributed by atoms with Gasteiger partial charge in [0.1, 0.15) is 11.8 Å². The highest BCUT2D eigenvalue weighted by Gasteiger charge is 2.56. The van der Waals surface area contributed by atoms with Crippen LogP contribution in [0.15, 0.2) is 70.5 Å². The number of aromatic amines is 1. The molecule has 4 aromatic rings. The molecule has 2 aliphatic heterocycles. The summed E-state index contributed by atoms with van der Waals surface area (Å²) in [5.74, 6) is -3.88. The number of nitrogens with zero attached hydrogens (tertiary/aromatic N) is 1. The summed E-state index contributed by atoms with van der Waals surface area (Å²) < 4.78 is 11.7. The van der Waals surface area contributed by atoms with E-state index in [4.69, 9.17) is 9.47 Å². The summed E-state index contributed by atoms with van der Waals surface area (Å²) in [6.07, 6.45) is 0. The molecule has 3 aromatic carbocycles. The van der Waals surface area contributed by atoms with E-state index < -0.39 is 41.4 Å². The fourth-order valence-electron chi connectivity index (χ4n) is 5.49. The lowest BCUT2D eigenvalue weighted by molar-refractivity contribution is -0.149. The van der Waals surface area contributed by atoms with Crippen LogP contribution in [0.5, 0.6) is 11.5 Å². The number of amides is 3. The number of benzene rings is 3. The van der Waals surface area contributed by atoms with Gasteiger partial charge in [-0.15, -0.1) is 0 Å². The van der Waals surface area contributed by atoms with Crippen LogP contribution in [0.1, 0.15) is 23.3 Å². The Morgan fingerprint density at radius 3 is 2.58 bits per heavy atom. The van der Waals surface area contributed by atoms with Crippen molar-refractivity contribution in [2.45, 2.75) is 23.1 Å². The fraction of sp³-hybridized carbons (Fsp3) is 0.233. The van der Waals surface area contributed by atoms with Crippen LogP contribution in [0.3, 0.4) is 0 Å². The van der Waals surface area contributed by atoms with Gasteiger partial charge in [0.15, 0.2) is 18.1 Å². The van der Waals surface area contributed by atoms with Crippen molar-refractivity contribution in [1.29, 1.82) is 0 Å². The zero-order valence-corrected chi connectivity index (χ0v) is 24.3. The number of likely N-dealkylation sites (tertiary alicyclic amines) is 1. The number of imide groups is 1. The Kier molecular flexibility index (Phi) is 7.67. The van der Waals surface area contributed by atoms with Gasteiger partial charge in [-0.2, -0.15) is 0 Å². The monoisotopic (exact) mass is 619 g/mol. The van der Waals surface area contributed by atoms with Crippen LogP contribution in [-0.4, -0.2) is 63.7 Å². The summed E-state index contributed by atoms with van der Waals surface area (Å²) in [6.45, 7) is 1.03. The lowest BCUT2D eigenvalue weighted by atomic mass is 9.83. The number of fused-ring (bicyclic) bond motifs is 3. The smallest absolute Gasteiger partial charge is 0.323 e. The summed E-state index contributed by atoms with van der Waals surface area (Å²) in [4.78, 5) is 66.8. The molecule has 43 heavy (non-hydrogen) atoms. The number of carbonyl (C=O) groups is 4. The molecule has 2 unspecified atom stereocenters. The molecule has 0 saturated carbocycles. The van der Waals surface area contributed by atoms with Gasteiger partial charge in [0.2, 0.25) is 11.8 Å². The molecular weight excluding hydrogens is 594 g/mol. The molecule has 11 nitrogen and oxygen atoms in total.